The number of aromatic nitrogens is 1. The van der Waals surface area contributed by atoms with Gasteiger partial charge in [-0.15, -0.1) is 0 Å². The van der Waals surface area contributed by atoms with Crippen molar-refractivity contribution in [3.63, 3.8) is 0 Å². The van der Waals surface area contributed by atoms with Gasteiger partial charge in [0.2, 0.25) is 5.78 Å². The Kier molecular flexibility index (Phi) is 8.26. The zero-order valence-electron chi connectivity index (χ0n) is 16.7. The van der Waals surface area contributed by atoms with Crippen LogP contribution in [0.4, 0.5) is 0 Å². The third-order valence-electron chi connectivity index (χ3n) is 4.41. The smallest absolute Gasteiger partial charge is 0.347 e. The van der Waals surface area contributed by atoms with E-state index in [-0.39, 0.29) is 12.4 Å². The number of esters is 1. The fraction of sp³-hybridized carbons (Fsp3) is 0.429. The predicted molar refractivity (Wildman–Crippen MR) is 110 cm³/mol. The number of hydrogen-bond acceptors (Lipinski definition) is 5. The highest BCUT2D eigenvalue weighted by atomic mass is 79.9. The third kappa shape index (κ3) is 5.94. The Balaban J connectivity index is 1.91. The maximum absolute atomic E-state index is 12.5. The number of halogens is 1. The molecule has 0 N–H and O–H groups in total. The van der Waals surface area contributed by atoms with Crippen LogP contribution in [0.1, 0.15) is 35.1 Å². The number of nitrogens with zero attached hydrogens (tertiary/aromatic N) is 1. The molecule has 0 amide bonds. The number of hydrogen-bond donors (Lipinski definition) is 0. The normalized spacial score (nSPS) is 11.9. The SMILES string of the molecule is COCCCn1c(C)cc(C(=O)COC(=O)C(C)Oc2ccc(Br)cc2)c1C. The lowest BCUT2D eigenvalue weighted by molar-refractivity contribution is -0.149. The zero-order chi connectivity index (χ0) is 20.7. The minimum Gasteiger partial charge on any atom is -0.479 e. The van der Waals surface area contributed by atoms with Crippen molar-refractivity contribution in [2.75, 3.05) is 20.3 Å². The molecule has 152 valence electrons. The molecule has 28 heavy (non-hydrogen) atoms. The van der Waals surface area contributed by atoms with Gasteiger partial charge in [-0.25, -0.2) is 4.79 Å². The largest absolute Gasteiger partial charge is 0.479 e. The van der Waals surface area contributed by atoms with Crippen molar-refractivity contribution in [2.45, 2.75) is 39.8 Å². The predicted octanol–water partition coefficient (Wildman–Crippen LogP) is 4.10. The monoisotopic (exact) mass is 451 g/mol. The van der Waals surface area contributed by atoms with Gasteiger partial charge in [-0.2, -0.15) is 0 Å². The molecule has 0 saturated heterocycles. The van der Waals surface area contributed by atoms with E-state index in [1.54, 1.807) is 26.2 Å². The average molecular weight is 452 g/mol. The van der Waals surface area contributed by atoms with Crippen molar-refractivity contribution in [3.8, 4) is 5.75 Å². The molecule has 0 aliphatic carbocycles. The molecule has 6 nitrogen and oxygen atoms in total. The Bertz CT molecular complexity index is 813. The molecule has 1 aromatic carbocycles. The molecule has 0 bridgehead atoms. The number of aryl methyl sites for hydroxylation is 1. The van der Waals surface area contributed by atoms with E-state index in [9.17, 15) is 9.59 Å². The Labute approximate surface area is 173 Å². The van der Waals surface area contributed by atoms with Crippen molar-refractivity contribution < 1.29 is 23.8 Å². The van der Waals surface area contributed by atoms with Gasteiger partial charge < -0.3 is 18.8 Å². The van der Waals surface area contributed by atoms with Crippen LogP contribution in [0.2, 0.25) is 0 Å². The minimum absolute atomic E-state index is 0.227. The van der Waals surface area contributed by atoms with E-state index < -0.39 is 12.1 Å². The lowest BCUT2D eigenvalue weighted by Crippen LogP contribution is -2.28. The van der Waals surface area contributed by atoms with Gasteiger partial charge in [0.1, 0.15) is 5.75 Å². The van der Waals surface area contributed by atoms with E-state index in [1.165, 1.54) is 0 Å². The van der Waals surface area contributed by atoms with Gasteiger partial charge in [0.25, 0.3) is 0 Å². The summed E-state index contributed by atoms with van der Waals surface area (Å²) in [5.41, 5.74) is 2.44. The number of rotatable bonds is 10. The molecule has 0 saturated carbocycles. The lowest BCUT2D eigenvalue weighted by atomic mass is 10.1. The van der Waals surface area contributed by atoms with Crippen LogP contribution in [-0.2, 0) is 20.8 Å². The number of benzene rings is 1. The average Bonchev–Trinajstić information content (AvgIpc) is 2.96. The molecule has 0 radical (unpaired) electrons. The van der Waals surface area contributed by atoms with Crippen LogP contribution in [0.15, 0.2) is 34.8 Å². The molecule has 1 unspecified atom stereocenters. The summed E-state index contributed by atoms with van der Waals surface area (Å²) in [7, 11) is 1.67. The second kappa shape index (κ2) is 10.4. The van der Waals surface area contributed by atoms with Crippen LogP contribution >= 0.6 is 15.9 Å². The van der Waals surface area contributed by atoms with Gasteiger partial charge in [0.15, 0.2) is 12.7 Å². The fourth-order valence-electron chi connectivity index (χ4n) is 2.89. The van der Waals surface area contributed by atoms with Crippen LogP contribution in [0.5, 0.6) is 5.75 Å². The fourth-order valence-corrected chi connectivity index (χ4v) is 3.16. The summed E-state index contributed by atoms with van der Waals surface area (Å²) < 4.78 is 18.8. The first kappa shape index (κ1) is 22.2. The molecule has 1 aromatic heterocycles. The molecule has 1 atom stereocenters. The first-order chi connectivity index (χ1) is 13.3. The first-order valence-corrected chi connectivity index (χ1v) is 9.90. The zero-order valence-corrected chi connectivity index (χ0v) is 18.2. The van der Waals surface area contributed by atoms with E-state index in [0.717, 1.165) is 28.8 Å². The summed E-state index contributed by atoms with van der Waals surface area (Å²) in [6.45, 7) is 6.57. The summed E-state index contributed by atoms with van der Waals surface area (Å²) in [6.07, 6.45) is 0.0517. The van der Waals surface area contributed by atoms with E-state index in [4.69, 9.17) is 14.2 Å². The summed E-state index contributed by atoms with van der Waals surface area (Å²) in [4.78, 5) is 24.7. The highest BCUT2D eigenvalue weighted by Crippen LogP contribution is 2.18. The number of carbonyl (C=O) groups excluding carboxylic acids is 2. The topological polar surface area (TPSA) is 66.8 Å². The van der Waals surface area contributed by atoms with Crippen molar-refractivity contribution in [1.29, 1.82) is 0 Å². The Morgan fingerprint density at radius 1 is 1.18 bits per heavy atom. The van der Waals surface area contributed by atoms with Gasteiger partial charge in [-0.1, -0.05) is 15.9 Å². The van der Waals surface area contributed by atoms with Crippen LogP contribution in [0.3, 0.4) is 0 Å². The Morgan fingerprint density at radius 2 is 1.86 bits per heavy atom. The maximum atomic E-state index is 12.5. The number of methoxy groups -OCH3 is 1. The van der Waals surface area contributed by atoms with E-state index in [0.29, 0.717) is 17.9 Å². The number of ketones is 1. The van der Waals surface area contributed by atoms with Crippen molar-refractivity contribution in [1.82, 2.24) is 4.57 Å². The van der Waals surface area contributed by atoms with Gasteiger partial charge >= 0.3 is 5.97 Å². The summed E-state index contributed by atoms with van der Waals surface area (Å²) in [5.74, 6) is -0.251. The lowest BCUT2D eigenvalue weighted by Gasteiger charge is -2.14. The van der Waals surface area contributed by atoms with E-state index in [1.807, 2.05) is 32.0 Å². The number of Topliss-reactive ketones (excluding diaryl/α,β-unsaturated/α-hetero) is 1. The number of carbonyl (C=O) groups is 2. The van der Waals surface area contributed by atoms with Gasteiger partial charge in [0.05, 0.1) is 0 Å². The van der Waals surface area contributed by atoms with Crippen molar-refractivity contribution in [3.05, 3.63) is 51.8 Å². The molecule has 2 rings (SSSR count). The molecule has 0 aliphatic rings. The van der Waals surface area contributed by atoms with Crippen LogP contribution in [0.25, 0.3) is 0 Å². The second-order valence-electron chi connectivity index (χ2n) is 6.53. The molecule has 0 fully saturated rings. The van der Waals surface area contributed by atoms with Crippen LogP contribution in [-0.4, -0.2) is 42.7 Å². The molecular formula is C21H26BrNO5. The third-order valence-corrected chi connectivity index (χ3v) is 4.94. The Morgan fingerprint density at radius 3 is 2.50 bits per heavy atom. The standard InChI is InChI=1S/C21H26BrNO5/c1-14-12-19(15(2)23(14)10-5-11-26-4)20(24)13-27-21(25)16(3)28-18-8-6-17(22)7-9-18/h6-9,12,16H,5,10-11,13H2,1-4H3. The summed E-state index contributed by atoms with van der Waals surface area (Å²) in [5, 5.41) is 0. The first-order valence-electron chi connectivity index (χ1n) is 9.11. The maximum Gasteiger partial charge on any atom is 0.347 e. The summed E-state index contributed by atoms with van der Waals surface area (Å²) in [6, 6.07) is 8.97. The molecule has 1 heterocycles. The molecule has 2 aromatic rings. The van der Waals surface area contributed by atoms with Crippen molar-refractivity contribution in [2.24, 2.45) is 0 Å². The van der Waals surface area contributed by atoms with E-state index >= 15 is 0 Å². The van der Waals surface area contributed by atoms with Gasteiger partial charge in [-0.05, 0) is 57.5 Å². The molecule has 7 heteroatoms. The molecule has 0 aliphatic heterocycles. The minimum atomic E-state index is -0.810. The molecular weight excluding hydrogens is 426 g/mol. The quantitative estimate of drug-likeness (QED) is 0.309. The van der Waals surface area contributed by atoms with Gasteiger partial charge in [-0.3, -0.25) is 4.79 Å². The highest BCUT2D eigenvalue weighted by Gasteiger charge is 2.21. The Hall–Kier alpha value is -2.12. The molecule has 0 spiro atoms. The highest BCUT2D eigenvalue weighted by molar-refractivity contribution is 9.10. The van der Waals surface area contributed by atoms with Crippen LogP contribution in [0, 0.1) is 13.8 Å². The van der Waals surface area contributed by atoms with E-state index in [2.05, 4.69) is 20.5 Å². The second-order valence-corrected chi connectivity index (χ2v) is 7.44. The van der Waals surface area contributed by atoms with Crippen molar-refractivity contribution >= 4 is 27.7 Å². The summed E-state index contributed by atoms with van der Waals surface area (Å²) >= 11 is 3.34. The van der Waals surface area contributed by atoms with Crippen LogP contribution < -0.4 is 4.74 Å². The number of ether oxygens (including phenoxy) is 3. The van der Waals surface area contributed by atoms with Gasteiger partial charge in [0, 0.05) is 41.7 Å².